The Morgan fingerprint density at radius 1 is 1.36 bits per heavy atom. The first-order chi connectivity index (χ1) is 5.03. The first-order valence-corrected chi connectivity index (χ1v) is 4.11. The first-order valence-electron chi connectivity index (χ1n) is 4.11. The van der Waals surface area contributed by atoms with Crippen molar-refractivity contribution < 1.29 is 9.59 Å². The van der Waals surface area contributed by atoms with Crippen molar-refractivity contribution in [2.75, 3.05) is 0 Å². The Bertz CT molecular complexity index is 240. The van der Waals surface area contributed by atoms with Gasteiger partial charge in [0, 0.05) is 12.3 Å². The van der Waals surface area contributed by atoms with E-state index >= 15 is 0 Å². The summed E-state index contributed by atoms with van der Waals surface area (Å²) in [6.07, 6.45) is 1.61. The van der Waals surface area contributed by atoms with Gasteiger partial charge >= 0.3 is 0 Å². The predicted molar refractivity (Wildman–Crippen MR) is 40.0 cm³/mol. The second kappa shape index (κ2) is 1.74. The molecule has 0 bridgehead atoms. The van der Waals surface area contributed by atoms with Crippen molar-refractivity contribution in [1.29, 1.82) is 0 Å². The fourth-order valence-electron chi connectivity index (χ4n) is 1.89. The predicted octanol–water partition coefficient (Wildman–Crippen LogP) is 1.19. The molecule has 2 aliphatic rings. The van der Waals surface area contributed by atoms with E-state index in [9.17, 15) is 9.59 Å². The number of Topliss-reactive ketones (excluding diaryl/α,β-unsaturated/α-hetero) is 2. The summed E-state index contributed by atoms with van der Waals surface area (Å²) in [5.74, 6) is 0.978. The van der Waals surface area contributed by atoms with Gasteiger partial charge in [-0.15, -0.1) is 0 Å². The Morgan fingerprint density at radius 3 is 2.64 bits per heavy atom. The van der Waals surface area contributed by atoms with E-state index in [-0.39, 0.29) is 17.5 Å². The molecule has 0 saturated heterocycles. The summed E-state index contributed by atoms with van der Waals surface area (Å²) in [6.45, 7) is 3.51. The summed E-state index contributed by atoms with van der Waals surface area (Å²) in [7, 11) is 0. The monoisotopic (exact) mass is 152 g/mol. The molecule has 0 amide bonds. The SMILES string of the molecule is CC1(C)C(=O)C[C@@H]2C[C@@H]2C1=O. The van der Waals surface area contributed by atoms with Crippen LogP contribution in [0.1, 0.15) is 26.7 Å². The Labute approximate surface area is 66.0 Å². The highest BCUT2D eigenvalue weighted by Gasteiger charge is 2.56. The number of rotatable bonds is 0. The average Bonchev–Trinajstić information content (AvgIpc) is 2.63. The number of carbonyl (C=O) groups excluding carboxylic acids is 2. The lowest BCUT2D eigenvalue weighted by molar-refractivity contribution is -0.142. The molecule has 2 heteroatoms. The third-order valence-corrected chi connectivity index (χ3v) is 3.02. The van der Waals surface area contributed by atoms with Gasteiger partial charge in [-0.3, -0.25) is 9.59 Å². The lowest BCUT2D eigenvalue weighted by atomic mass is 9.75. The van der Waals surface area contributed by atoms with E-state index in [0.29, 0.717) is 12.3 Å². The zero-order chi connectivity index (χ0) is 8.22. The van der Waals surface area contributed by atoms with Crippen LogP contribution in [-0.2, 0) is 9.59 Å². The zero-order valence-corrected chi connectivity index (χ0v) is 6.89. The fourth-order valence-corrected chi connectivity index (χ4v) is 1.89. The summed E-state index contributed by atoms with van der Waals surface area (Å²) >= 11 is 0. The molecule has 2 aliphatic carbocycles. The van der Waals surface area contributed by atoms with Crippen molar-refractivity contribution in [3.05, 3.63) is 0 Å². The largest absolute Gasteiger partial charge is 0.299 e. The Kier molecular flexibility index (Phi) is 1.11. The number of ketones is 2. The summed E-state index contributed by atoms with van der Waals surface area (Å²) in [5.41, 5.74) is -0.669. The molecule has 0 radical (unpaired) electrons. The van der Waals surface area contributed by atoms with Gasteiger partial charge in [-0.05, 0) is 26.2 Å². The van der Waals surface area contributed by atoms with Crippen molar-refractivity contribution in [3.8, 4) is 0 Å². The standard InChI is InChI=1S/C9H12O2/c1-9(2)7(10)4-5-3-6(5)8(9)11/h5-6H,3-4H2,1-2H3/t5-,6-/m0/s1. The maximum atomic E-state index is 11.5. The van der Waals surface area contributed by atoms with E-state index in [4.69, 9.17) is 0 Å². The number of hydrogen-bond acceptors (Lipinski definition) is 2. The Morgan fingerprint density at radius 2 is 2.00 bits per heavy atom. The molecule has 0 heterocycles. The Hall–Kier alpha value is -0.660. The summed E-state index contributed by atoms with van der Waals surface area (Å²) in [6, 6.07) is 0. The molecular weight excluding hydrogens is 140 g/mol. The van der Waals surface area contributed by atoms with Crippen LogP contribution in [0.3, 0.4) is 0 Å². The molecule has 0 aromatic rings. The van der Waals surface area contributed by atoms with Crippen molar-refractivity contribution in [1.82, 2.24) is 0 Å². The summed E-state index contributed by atoms with van der Waals surface area (Å²) < 4.78 is 0. The minimum absolute atomic E-state index is 0.140. The number of carbonyl (C=O) groups is 2. The van der Waals surface area contributed by atoms with Crippen LogP contribution < -0.4 is 0 Å². The molecule has 2 nitrogen and oxygen atoms in total. The van der Waals surface area contributed by atoms with Crippen LogP contribution in [0.2, 0.25) is 0 Å². The highest BCUT2D eigenvalue weighted by Crippen LogP contribution is 2.51. The van der Waals surface area contributed by atoms with E-state index in [1.807, 2.05) is 0 Å². The molecule has 0 unspecified atom stereocenters. The molecular formula is C9H12O2. The number of hydrogen-bond donors (Lipinski definition) is 0. The molecule has 60 valence electrons. The molecule has 2 rings (SSSR count). The van der Waals surface area contributed by atoms with Crippen molar-refractivity contribution >= 4 is 11.6 Å². The zero-order valence-electron chi connectivity index (χ0n) is 6.89. The van der Waals surface area contributed by atoms with Crippen LogP contribution in [0.5, 0.6) is 0 Å². The summed E-state index contributed by atoms with van der Waals surface area (Å²) in [5, 5.41) is 0. The highest BCUT2D eigenvalue weighted by molar-refractivity contribution is 6.10. The van der Waals surface area contributed by atoms with E-state index in [1.165, 1.54) is 0 Å². The normalized spacial score (nSPS) is 40.2. The molecule has 0 aromatic carbocycles. The molecule has 0 spiro atoms. The second-order valence-corrected chi connectivity index (χ2v) is 4.22. The summed E-state index contributed by atoms with van der Waals surface area (Å²) in [4.78, 5) is 22.8. The molecule has 2 fully saturated rings. The van der Waals surface area contributed by atoms with Crippen molar-refractivity contribution in [2.24, 2.45) is 17.3 Å². The smallest absolute Gasteiger partial charge is 0.149 e. The van der Waals surface area contributed by atoms with Crippen LogP contribution in [-0.4, -0.2) is 11.6 Å². The van der Waals surface area contributed by atoms with Crippen LogP contribution in [0.15, 0.2) is 0 Å². The van der Waals surface area contributed by atoms with Crippen LogP contribution >= 0.6 is 0 Å². The minimum atomic E-state index is -0.669. The molecule has 2 saturated carbocycles. The van der Waals surface area contributed by atoms with Crippen molar-refractivity contribution in [2.45, 2.75) is 26.7 Å². The topological polar surface area (TPSA) is 34.1 Å². The second-order valence-electron chi connectivity index (χ2n) is 4.22. The third kappa shape index (κ3) is 0.784. The molecule has 0 N–H and O–H groups in total. The van der Waals surface area contributed by atoms with Gasteiger partial charge in [-0.25, -0.2) is 0 Å². The van der Waals surface area contributed by atoms with Crippen LogP contribution in [0.4, 0.5) is 0 Å². The van der Waals surface area contributed by atoms with Gasteiger partial charge in [0.15, 0.2) is 0 Å². The van der Waals surface area contributed by atoms with Gasteiger partial charge < -0.3 is 0 Å². The van der Waals surface area contributed by atoms with Gasteiger partial charge in [0.25, 0.3) is 0 Å². The maximum Gasteiger partial charge on any atom is 0.149 e. The highest BCUT2D eigenvalue weighted by atomic mass is 16.2. The molecule has 0 aliphatic heterocycles. The van der Waals surface area contributed by atoms with Crippen molar-refractivity contribution in [3.63, 3.8) is 0 Å². The van der Waals surface area contributed by atoms with Gasteiger partial charge in [-0.1, -0.05) is 0 Å². The van der Waals surface area contributed by atoms with E-state index in [0.717, 1.165) is 6.42 Å². The molecule has 0 aromatic heterocycles. The van der Waals surface area contributed by atoms with E-state index < -0.39 is 5.41 Å². The quantitative estimate of drug-likeness (QED) is 0.488. The first kappa shape index (κ1) is 7.01. The van der Waals surface area contributed by atoms with Gasteiger partial charge in [0.05, 0.1) is 5.41 Å². The minimum Gasteiger partial charge on any atom is -0.299 e. The molecule has 11 heavy (non-hydrogen) atoms. The third-order valence-electron chi connectivity index (χ3n) is 3.02. The van der Waals surface area contributed by atoms with E-state index in [1.54, 1.807) is 13.8 Å². The van der Waals surface area contributed by atoms with Crippen LogP contribution in [0.25, 0.3) is 0 Å². The lowest BCUT2D eigenvalue weighted by Crippen LogP contribution is -2.38. The maximum absolute atomic E-state index is 11.5. The van der Waals surface area contributed by atoms with Crippen LogP contribution in [0, 0.1) is 17.3 Å². The average molecular weight is 152 g/mol. The van der Waals surface area contributed by atoms with Gasteiger partial charge in [-0.2, -0.15) is 0 Å². The molecule has 2 atom stereocenters. The lowest BCUT2D eigenvalue weighted by Gasteiger charge is -2.25. The number of fused-ring (bicyclic) bond motifs is 1. The Balaban J connectivity index is 2.32. The van der Waals surface area contributed by atoms with Gasteiger partial charge in [0.2, 0.25) is 0 Å². The van der Waals surface area contributed by atoms with Gasteiger partial charge in [0.1, 0.15) is 11.6 Å². The fraction of sp³-hybridized carbons (Fsp3) is 0.778. The van der Waals surface area contributed by atoms with E-state index in [2.05, 4.69) is 0 Å².